The van der Waals surface area contributed by atoms with Gasteiger partial charge in [0.05, 0.1) is 13.0 Å². The van der Waals surface area contributed by atoms with Gasteiger partial charge < -0.3 is 4.74 Å². The SMILES string of the molecule is COc1c(C)cc(C(=O)CCl)cc1C. The number of Topliss-reactive ketones (excluding diaryl/α,β-unsaturated/α-hetero) is 1. The normalized spacial score (nSPS) is 10.0. The number of aryl methyl sites for hydroxylation is 2. The molecule has 0 aliphatic carbocycles. The van der Waals surface area contributed by atoms with E-state index in [1.807, 2.05) is 13.8 Å². The Morgan fingerprint density at radius 2 is 1.86 bits per heavy atom. The molecule has 1 aromatic rings. The van der Waals surface area contributed by atoms with Crippen LogP contribution in [0.2, 0.25) is 0 Å². The number of carbonyl (C=O) groups is 1. The molecule has 0 heterocycles. The van der Waals surface area contributed by atoms with Gasteiger partial charge in [0, 0.05) is 5.56 Å². The van der Waals surface area contributed by atoms with Crippen LogP contribution in [0, 0.1) is 13.8 Å². The summed E-state index contributed by atoms with van der Waals surface area (Å²) >= 11 is 5.48. The molecule has 1 rings (SSSR count). The first-order valence-electron chi connectivity index (χ1n) is 4.34. The lowest BCUT2D eigenvalue weighted by Crippen LogP contribution is -2.02. The van der Waals surface area contributed by atoms with E-state index in [0.717, 1.165) is 16.9 Å². The Bertz CT molecular complexity index is 335. The molecule has 2 nitrogen and oxygen atoms in total. The zero-order valence-corrected chi connectivity index (χ0v) is 9.31. The number of ketones is 1. The second kappa shape index (κ2) is 4.47. The summed E-state index contributed by atoms with van der Waals surface area (Å²) in [5.74, 6) is 0.794. The number of rotatable bonds is 3. The average molecular weight is 213 g/mol. The molecule has 14 heavy (non-hydrogen) atoms. The second-order valence-corrected chi connectivity index (χ2v) is 3.47. The van der Waals surface area contributed by atoms with Gasteiger partial charge in [-0.25, -0.2) is 0 Å². The van der Waals surface area contributed by atoms with Crippen LogP contribution in [0.1, 0.15) is 21.5 Å². The molecule has 0 aliphatic heterocycles. The maximum atomic E-state index is 11.3. The van der Waals surface area contributed by atoms with Gasteiger partial charge in [0.25, 0.3) is 0 Å². The zero-order chi connectivity index (χ0) is 10.7. The maximum absolute atomic E-state index is 11.3. The molecule has 76 valence electrons. The van der Waals surface area contributed by atoms with Crippen LogP contribution in [0.4, 0.5) is 0 Å². The van der Waals surface area contributed by atoms with Gasteiger partial charge in [0.2, 0.25) is 0 Å². The highest BCUT2D eigenvalue weighted by atomic mass is 35.5. The van der Waals surface area contributed by atoms with Crippen LogP contribution >= 0.6 is 11.6 Å². The molecule has 0 saturated carbocycles. The molecule has 3 heteroatoms. The zero-order valence-electron chi connectivity index (χ0n) is 8.56. The highest BCUT2D eigenvalue weighted by Crippen LogP contribution is 2.24. The van der Waals surface area contributed by atoms with Crippen molar-refractivity contribution in [1.82, 2.24) is 0 Å². The predicted molar refractivity (Wildman–Crippen MR) is 57.5 cm³/mol. The third-order valence-corrected chi connectivity index (χ3v) is 2.35. The fourth-order valence-corrected chi connectivity index (χ4v) is 1.66. The third kappa shape index (κ3) is 2.07. The topological polar surface area (TPSA) is 26.3 Å². The van der Waals surface area contributed by atoms with Gasteiger partial charge in [-0.2, -0.15) is 0 Å². The Morgan fingerprint density at radius 3 is 2.21 bits per heavy atom. The van der Waals surface area contributed by atoms with Crippen molar-refractivity contribution in [2.45, 2.75) is 13.8 Å². The number of halogens is 1. The molecular weight excluding hydrogens is 200 g/mol. The summed E-state index contributed by atoms with van der Waals surface area (Å²) in [6.45, 7) is 3.83. The van der Waals surface area contributed by atoms with E-state index in [4.69, 9.17) is 16.3 Å². The first-order chi connectivity index (χ1) is 6.60. The molecule has 0 radical (unpaired) electrons. The molecule has 0 aliphatic rings. The minimum Gasteiger partial charge on any atom is -0.496 e. The summed E-state index contributed by atoms with van der Waals surface area (Å²) in [5, 5.41) is 0. The summed E-state index contributed by atoms with van der Waals surface area (Å²) in [6, 6.07) is 3.60. The van der Waals surface area contributed by atoms with Crippen molar-refractivity contribution in [3.05, 3.63) is 28.8 Å². The standard InChI is InChI=1S/C11H13ClO2/c1-7-4-9(10(13)6-12)5-8(2)11(7)14-3/h4-5H,6H2,1-3H3. The molecule has 0 aromatic heterocycles. The number of alkyl halides is 1. The van der Waals surface area contributed by atoms with Gasteiger partial charge in [0.1, 0.15) is 5.75 Å². The minimum absolute atomic E-state index is 0.0191. The van der Waals surface area contributed by atoms with Gasteiger partial charge in [0.15, 0.2) is 5.78 Å². The van der Waals surface area contributed by atoms with Crippen LogP contribution in [0.25, 0.3) is 0 Å². The van der Waals surface area contributed by atoms with Crippen molar-refractivity contribution >= 4 is 17.4 Å². The lowest BCUT2D eigenvalue weighted by atomic mass is 10.0. The number of hydrogen-bond acceptors (Lipinski definition) is 2. The van der Waals surface area contributed by atoms with E-state index in [2.05, 4.69) is 0 Å². The smallest absolute Gasteiger partial charge is 0.177 e. The Morgan fingerprint density at radius 1 is 1.36 bits per heavy atom. The highest BCUT2D eigenvalue weighted by Gasteiger charge is 2.09. The first-order valence-corrected chi connectivity index (χ1v) is 4.88. The molecule has 0 saturated heterocycles. The Kier molecular flexibility index (Phi) is 3.53. The van der Waals surface area contributed by atoms with Gasteiger partial charge in [-0.15, -0.1) is 11.6 Å². The van der Waals surface area contributed by atoms with Crippen molar-refractivity contribution in [3.63, 3.8) is 0 Å². The van der Waals surface area contributed by atoms with Crippen LogP contribution in [0.5, 0.6) is 5.75 Å². The van der Waals surface area contributed by atoms with Crippen molar-refractivity contribution < 1.29 is 9.53 Å². The molecule has 0 unspecified atom stereocenters. The van der Waals surface area contributed by atoms with E-state index in [-0.39, 0.29) is 11.7 Å². The van der Waals surface area contributed by atoms with Gasteiger partial charge >= 0.3 is 0 Å². The van der Waals surface area contributed by atoms with Crippen LogP contribution in [0.3, 0.4) is 0 Å². The third-order valence-electron chi connectivity index (χ3n) is 2.11. The van der Waals surface area contributed by atoms with Crippen LogP contribution in [0.15, 0.2) is 12.1 Å². The Balaban J connectivity index is 3.20. The van der Waals surface area contributed by atoms with E-state index in [1.165, 1.54) is 0 Å². The van der Waals surface area contributed by atoms with Gasteiger partial charge in [-0.05, 0) is 37.1 Å². The number of ether oxygens (including phenoxy) is 1. The van der Waals surface area contributed by atoms with Crippen LogP contribution < -0.4 is 4.74 Å². The monoisotopic (exact) mass is 212 g/mol. The van der Waals surface area contributed by atoms with Gasteiger partial charge in [-0.1, -0.05) is 0 Å². The molecule has 0 spiro atoms. The lowest BCUT2D eigenvalue weighted by molar-refractivity contribution is 0.102. The largest absolute Gasteiger partial charge is 0.496 e. The van der Waals surface area contributed by atoms with Crippen molar-refractivity contribution in [2.75, 3.05) is 13.0 Å². The van der Waals surface area contributed by atoms with E-state index >= 15 is 0 Å². The number of benzene rings is 1. The van der Waals surface area contributed by atoms with Crippen LogP contribution in [-0.2, 0) is 0 Å². The fraction of sp³-hybridized carbons (Fsp3) is 0.364. The summed E-state index contributed by atoms with van der Waals surface area (Å²) in [7, 11) is 1.62. The molecule has 0 amide bonds. The minimum atomic E-state index is -0.0551. The fourth-order valence-electron chi connectivity index (χ4n) is 1.51. The van der Waals surface area contributed by atoms with Crippen molar-refractivity contribution in [1.29, 1.82) is 0 Å². The molecule has 1 aromatic carbocycles. The first kappa shape index (κ1) is 11.1. The van der Waals surface area contributed by atoms with E-state index in [1.54, 1.807) is 19.2 Å². The quantitative estimate of drug-likeness (QED) is 0.569. The molecule has 0 bridgehead atoms. The highest BCUT2D eigenvalue weighted by molar-refractivity contribution is 6.30. The second-order valence-electron chi connectivity index (χ2n) is 3.20. The molecule has 0 atom stereocenters. The average Bonchev–Trinajstić information content (AvgIpc) is 2.16. The van der Waals surface area contributed by atoms with E-state index in [9.17, 15) is 4.79 Å². The Hall–Kier alpha value is -1.02. The Labute approximate surface area is 88.8 Å². The number of methoxy groups -OCH3 is 1. The molecule has 0 N–H and O–H groups in total. The lowest BCUT2D eigenvalue weighted by Gasteiger charge is -2.09. The summed E-state index contributed by atoms with van der Waals surface area (Å²) in [5.41, 5.74) is 2.57. The molecule has 0 fully saturated rings. The number of hydrogen-bond donors (Lipinski definition) is 0. The predicted octanol–water partition coefficient (Wildman–Crippen LogP) is 2.73. The van der Waals surface area contributed by atoms with Crippen molar-refractivity contribution in [2.24, 2.45) is 0 Å². The van der Waals surface area contributed by atoms with E-state index < -0.39 is 0 Å². The number of carbonyl (C=O) groups excluding carboxylic acids is 1. The summed E-state index contributed by atoms with van der Waals surface area (Å²) < 4.78 is 5.20. The van der Waals surface area contributed by atoms with Gasteiger partial charge in [-0.3, -0.25) is 4.79 Å². The maximum Gasteiger partial charge on any atom is 0.177 e. The van der Waals surface area contributed by atoms with E-state index in [0.29, 0.717) is 5.56 Å². The van der Waals surface area contributed by atoms with Crippen molar-refractivity contribution in [3.8, 4) is 5.75 Å². The summed E-state index contributed by atoms with van der Waals surface area (Å²) in [4.78, 5) is 11.3. The molecular formula is C11H13ClO2. The van der Waals surface area contributed by atoms with Crippen LogP contribution in [-0.4, -0.2) is 18.8 Å². The summed E-state index contributed by atoms with van der Waals surface area (Å²) in [6.07, 6.45) is 0.